The monoisotopic (exact) mass is 815 g/mol. The molecule has 0 aliphatic carbocycles. The van der Waals surface area contributed by atoms with Crippen LogP contribution in [0, 0.1) is 0 Å². The Kier molecular flexibility index (Phi) is 9.75. The van der Waals surface area contributed by atoms with Crippen molar-refractivity contribution in [1.82, 2.24) is 4.57 Å². The number of nitrogens with two attached hydrogens (primary N) is 1. The number of fused-ring (bicyclic) bond motifs is 4. The zero-order chi connectivity index (χ0) is 43.4. The highest BCUT2D eigenvalue weighted by Gasteiger charge is 2.29. The van der Waals surface area contributed by atoms with E-state index in [1.807, 2.05) is 66.7 Å². The smallest absolute Gasteiger partial charge is 0.204 e. The number of aromatic hydroxyl groups is 7. The van der Waals surface area contributed by atoms with E-state index >= 15 is 0 Å². The Morgan fingerprint density at radius 2 is 1.03 bits per heavy atom. The van der Waals surface area contributed by atoms with Crippen molar-refractivity contribution in [2.24, 2.45) is 10.7 Å². The number of aliphatic imine (C=N–C) groups is 1. The number of para-hydroxylation sites is 2. The van der Waals surface area contributed by atoms with Crippen molar-refractivity contribution in [1.29, 1.82) is 0 Å². The molecule has 0 saturated heterocycles. The van der Waals surface area contributed by atoms with E-state index < -0.39 is 40.2 Å². The van der Waals surface area contributed by atoms with Crippen LogP contribution in [0.3, 0.4) is 0 Å². The molecule has 12 heteroatoms. The second-order valence-corrected chi connectivity index (χ2v) is 15.2. The molecule has 9 N–H and O–H groups in total. The van der Waals surface area contributed by atoms with Gasteiger partial charge in [-0.2, -0.15) is 0 Å². The van der Waals surface area contributed by atoms with Crippen molar-refractivity contribution in [2.75, 3.05) is 0 Å². The number of aromatic nitrogens is 1. The lowest BCUT2D eigenvalue weighted by Gasteiger charge is -2.20. The van der Waals surface area contributed by atoms with E-state index in [1.54, 1.807) is 6.08 Å². The lowest BCUT2D eigenvalue weighted by Crippen LogP contribution is -2.17. The van der Waals surface area contributed by atoms with Gasteiger partial charge in [0.2, 0.25) is 11.5 Å². The molecule has 0 atom stereocenters. The zero-order valence-electron chi connectivity index (χ0n) is 33.7. The van der Waals surface area contributed by atoms with Crippen LogP contribution in [0.15, 0.2) is 151 Å². The predicted octanol–water partition coefficient (Wildman–Crippen LogP) is 6.72. The summed E-state index contributed by atoms with van der Waals surface area (Å²) in [4.78, 5) is 4.91. The molecule has 0 radical (unpaired) electrons. The third-order valence-corrected chi connectivity index (χ3v) is 11.7. The first kappa shape index (κ1) is 39.2. The van der Waals surface area contributed by atoms with E-state index in [0.717, 1.165) is 44.2 Å². The highest BCUT2D eigenvalue weighted by molar-refractivity contribution is 6.43. The van der Waals surface area contributed by atoms with Gasteiger partial charge in [0, 0.05) is 50.7 Å². The van der Waals surface area contributed by atoms with Crippen molar-refractivity contribution in [3.63, 3.8) is 0 Å². The normalized spacial score (nSPS) is 12.1. The molecule has 302 valence electrons. The molecule has 0 fully saturated rings. The number of nitrogens with zero attached hydrogens (tertiary/aromatic N) is 2. The summed E-state index contributed by atoms with van der Waals surface area (Å²) in [6.07, 6.45) is 1.57. The minimum atomic E-state index is -1.03. The fourth-order valence-corrected chi connectivity index (χ4v) is 8.50. The van der Waals surface area contributed by atoms with E-state index in [9.17, 15) is 35.7 Å². The van der Waals surface area contributed by atoms with Crippen molar-refractivity contribution in [2.45, 2.75) is 6.42 Å². The summed E-state index contributed by atoms with van der Waals surface area (Å²) in [6, 6.07) is 46.5. The lowest BCUT2D eigenvalue weighted by atomic mass is 9.77. The molecular weight excluding hydrogens is 776 g/mol. The fourth-order valence-electron chi connectivity index (χ4n) is 8.50. The number of allylic oxidation sites excluding steroid dienone is 1. The van der Waals surface area contributed by atoms with Crippen LogP contribution >= 0.6 is 0 Å². The summed E-state index contributed by atoms with van der Waals surface area (Å²) in [5, 5.41) is 80.2. The van der Waals surface area contributed by atoms with Crippen LogP contribution < -0.4 is 16.7 Å². The minimum absolute atomic E-state index is 0.0272. The van der Waals surface area contributed by atoms with Gasteiger partial charge < -0.3 is 46.0 Å². The van der Waals surface area contributed by atoms with Crippen molar-refractivity contribution in [3.8, 4) is 68.2 Å². The molecule has 0 aliphatic rings. The molecule has 0 unspecified atom stereocenters. The molecule has 62 heavy (non-hydrogen) atoms. The number of hydrogen-bond acceptors (Lipinski definition) is 8. The van der Waals surface area contributed by atoms with Gasteiger partial charge in [-0.25, -0.2) is 4.99 Å². The summed E-state index contributed by atoms with van der Waals surface area (Å²) in [5.41, 5.74) is 13.1. The van der Waals surface area contributed by atoms with Gasteiger partial charge in [-0.1, -0.05) is 121 Å². The molecule has 9 aromatic rings. The van der Waals surface area contributed by atoms with Crippen molar-refractivity contribution >= 4 is 70.7 Å². The Labute approximate surface area is 357 Å². The number of benzene rings is 8. The van der Waals surface area contributed by atoms with Gasteiger partial charge in [0.05, 0.1) is 16.7 Å². The quantitative estimate of drug-likeness (QED) is 0.0273. The van der Waals surface area contributed by atoms with Gasteiger partial charge in [-0.3, -0.25) is 0 Å². The Hall–Kier alpha value is -8.24. The van der Waals surface area contributed by atoms with Crippen LogP contribution in [0.4, 0.5) is 0 Å². The van der Waals surface area contributed by atoms with Crippen molar-refractivity contribution in [3.05, 3.63) is 162 Å². The highest BCUT2D eigenvalue weighted by atomic mass is 16.3. The number of hydrogen-bond donors (Lipinski definition) is 8. The van der Waals surface area contributed by atoms with E-state index in [0.29, 0.717) is 11.3 Å². The summed E-state index contributed by atoms with van der Waals surface area (Å²) in [7, 11) is 2.79. The van der Waals surface area contributed by atoms with Crippen LogP contribution in [0.1, 0.15) is 16.7 Å². The van der Waals surface area contributed by atoms with E-state index in [1.165, 1.54) is 26.5 Å². The van der Waals surface area contributed by atoms with Crippen molar-refractivity contribution < 1.29 is 35.7 Å². The van der Waals surface area contributed by atoms with Crippen LogP contribution in [0.25, 0.3) is 66.2 Å². The maximum Gasteiger partial charge on any atom is 0.204 e. The first-order valence-electron chi connectivity index (χ1n) is 19.9. The second-order valence-electron chi connectivity index (χ2n) is 15.2. The maximum absolute atomic E-state index is 11.6. The topological polar surface area (TPSA) is 185 Å². The van der Waals surface area contributed by atoms with Crippen LogP contribution in [-0.2, 0) is 6.42 Å². The highest BCUT2D eigenvalue weighted by Crippen LogP contribution is 2.50. The first-order valence-corrected chi connectivity index (χ1v) is 19.9. The van der Waals surface area contributed by atoms with Crippen LogP contribution in [-0.4, -0.2) is 61.8 Å². The van der Waals surface area contributed by atoms with E-state index in [4.69, 9.17) is 10.7 Å². The van der Waals surface area contributed by atoms with E-state index in [2.05, 4.69) is 77.4 Å². The third kappa shape index (κ3) is 6.36. The first-order chi connectivity index (χ1) is 30.0. The van der Waals surface area contributed by atoms with Gasteiger partial charge in [0.1, 0.15) is 27.3 Å². The van der Waals surface area contributed by atoms with Gasteiger partial charge in [-0.15, -0.1) is 0 Å². The number of amidine groups is 1. The molecule has 0 amide bonds. The maximum atomic E-state index is 11.6. The van der Waals surface area contributed by atoms with Gasteiger partial charge in [0.25, 0.3) is 0 Å². The van der Waals surface area contributed by atoms with Gasteiger partial charge in [0.15, 0.2) is 23.0 Å². The predicted molar refractivity (Wildman–Crippen MR) is 252 cm³/mol. The van der Waals surface area contributed by atoms with Gasteiger partial charge >= 0.3 is 0 Å². The fraction of sp³-hybridized carbons (Fsp3) is 0.0200. The average molecular weight is 816 g/mol. The second kappa shape index (κ2) is 15.4. The minimum Gasteiger partial charge on any atom is -0.508 e. The number of phenolic OH excluding ortho intramolecular Hbond substituents is 7. The van der Waals surface area contributed by atoms with Gasteiger partial charge in [-0.05, 0) is 57.1 Å². The molecule has 0 bridgehead atoms. The molecule has 1 heterocycles. The molecule has 0 spiro atoms. The number of rotatable bonds is 8. The lowest BCUT2D eigenvalue weighted by molar-refractivity contribution is 0.348. The largest absolute Gasteiger partial charge is 0.508 e. The van der Waals surface area contributed by atoms with E-state index in [-0.39, 0.29) is 39.9 Å². The average Bonchev–Trinajstić information content (AvgIpc) is 3.64. The van der Waals surface area contributed by atoms with Crippen LogP contribution in [0.5, 0.6) is 40.2 Å². The Morgan fingerprint density at radius 3 is 1.66 bits per heavy atom. The molecule has 0 aliphatic heterocycles. The summed E-state index contributed by atoms with van der Waals surface area (Å²) in [5.74, 6) is -5.19. The Balaban J connectivity index is 1.15. The Morgan fingerprint density at radius 1 is 0.516 bits per heavy atom. The van der Waals surface area contributed by atoms with Crippen LogP contribution in [0.2, 0.25) is 0 Å². The Bertz CT molecular complexity index is 3210. The summed E-state index contributed by atoms with van der Waals surface area (Å²) in [6.45, 7) is 0. The molecule has 10 nitrogen and oxygen atoms in total. The summed E-state index contributed by atoms with van der Waals surface area (Å²) >= 11 is 0. The third-order valence-electron chi connectivity index (χ3n) is 11.7. The molecule has 9 rings (SSSR count). The molecular formula is C50H39B2N3O7. The SMILES string of the molecule is Bc1c(O)c(O)c(O)c(O)c1-c1c(B)c(O)c(C/C=C(\N=C(/N)c2ccccc2)c2ccc(-c3ccc(-n4c5ccccc5c5ccccc54)cc3)c3ccccc23)c(O)c1O. The standard InChI is InChI=1S/C50H39B2N3O7/c51-41-39(40-42(52)47(60)49(62)48(61)46(40)59)45(58)44(57)35(43(41)56)24-25-36(54-50(53)27-10-2-1-3-11-27)32-23-22-29(30-12-4-5-13-31(30)32)26-18-20-28(21-19-26)55-37-16-8-6-14-33(37)34-15-7-9-17-38(34)55/h1-23,25,56-62H,24,51-52H2,(H2,53,54)/b36-25-. The zero-order valence-corrected chi connectivity index (χ0v) is 33.7. The summed E-state index contributed by atoms with van der Waals surface area (Å²) < 4.78 is 2.28. The molecule has 0 saturated carbocycles. The molecule has 8 aromatic carbocycles. The molecule has 1 aromatic heterocycles. The number of phenols is 7.